The van der Waals surface area contributed by atoms with Crippen LogP contribution in [0.3, 0.4) is 0 Å². The minimum absolute atomic E-state index is 0.139. The van der Waals surface area contributed by atoms with Crippen LogP contribution in [0.25, 0.3) is 44.6 Å². The second kappa shape index (κ2) is 9.56. The first-order valence-electron chi connectivity index (χ1n) is 13.3. The monoisotopic (exact) mass is 547 g/mol. The Morgan fingerprint density at radius 3 is 2.65 bits per heavy atom. The lowest BCUT2D eigenvalue weighted by atomic mass is 10.0. The van der Waals surface area contributed by atoms with Crippen molar-refractivity contribution in [2.24, 2.45) is 0 Å². The van der Waals surface area contributed by atoms with Crippen molar-refractivity contribution in [2.45, 2.75) is 18.9 Å². The number of nitrogens with zero attached hydrogens (tertiary/aromatic N) is 7. The van der Waals surface area contributed by atoms with Gasteiger partial charge in [-0.25, -0.2) is 23.1 Å². The van der Waals surface area contributed by atoms with Gasteiger partial charge in [0.15, 0.2) is 17.5 Å². The van der Waals surface area contributed by atoms with E-state index >= 15 is 4.39 Å². The van der Waals surface area contributed by atoms with Crippen molar-refractivity contribution in [3.63, 3.8) is 0 Å². The highest BCUT2D eigenvalue weighted by Gasteiger charge is 2.38. The summed E-state index contributed by atoms with van der Waals surface area (Å²) in [4.78, 5) is 23.4. The molecule has 2 fully saturated rings. The van der Waals surface area contributed by atoms with E-state index in [4.69, 9.17) is 4.98 Å². The number of likely N-dealkylation sites (N-methyl/N-ethyl adjacent to an activating group) is 1. The van der Waals surface area contributed by atoms with Crippen LogP contribution in [0.1, 0.15) is 12.0 Å². The second-order valence-corrected chi connectivity index (χ2v) is 10.8. The van der Waals surface area contributed by atoms with E-state index in [0.717, 1.165) is 48.6 Å². The molecule has 4 aromatic heterocycles. The van der Waals surface area contributed by atoms with Crippen LogP contribution in [0.5, 0.6) is 0 Å². The van der Waals surface area contributed by atoms with Gasteiger partial charge in [0.2, 0.25) is 0 Å². The molecule has 12 heteroatoms. The molecule has 0 radical (unpaired) electrons. The van der Waals surface area contributed by atoms with E-state index in [2.05, 4.69) is 42.0 Å². The first-order chi connectivity index (χ1) is 19.3. The van der Waals surface area contributed by atoms with Crippen LogP contribution < -0.4 is 4.90 Å². The lowest BCUT2D eigenvalue weighted by Gasteiger charge is -2.33. The van der Waals surface area contributed by atoms with Crippen LogP contribution >= 0.6 is 0 Å². The molecule has 1 aromatic carbocycles. The number of nitrogens with one attached hydrogen (secondary N) is 2. The van der Waals surface area contributed by atoms with Gasteiger partial charge in [-0.1, -0.05) is 0 Å². The van der Waals surface area contributed by atoms with Gasteiger partial charge in [-0.15, -0.1) is 0 Å². The SMILES string of the molecule is CN1CCN(c2nccc3[nH]c(-c4[nH]nc5c(F)cc(-c6cncc(CN7CCC(F)(F)C7)c6)cc45)nc23)CC1. The highest BCUT2D eigenvalue weighted by atomic mass is 19.3. The molecule has 40 heavy (non-hydrogen) atoms. The van der Waals surface area contributed by atoms with E-state index in [1.807, 2.05) is 18.2 Å². The molecular weight excluding hydrogens is 519 g/mol. The second-order valence-electron chi connectivity index (χ2n) is 10.8. The van der Waals surface area contributed by atoms with Crippen molar-refractivity contribution in [3.8, 4) is 22.6 Å². The van der Waals surface area contributed by atoms with Gasteiger partial charge in [-0.3, -0.25) is 15.0 Å². The molecule has 0 amide bonds. The molecule has 0 unspecified atom stereocenters. The third-order valence-electron chi connectivity index (χ3n) is 7.82. The van der Waals surface area contributed by atoms with Gasteiger partial charge in [0.05, 0.1) is 12.1 Å². The summed E-state index contributed by atoms with van der Waals surface area (Å²) >= 11 is 0. The number of likely N-dealkylation sites (tertiary alicyclic amines) is 1. The Kier molecular flexibility index (Phi) is 5.97. The zero-order chi connectivity index (χ0) is 27.4. The van der Waals surface area contributed by atoms with E-state index in [9.17, 15) is 8.78 Å². The summed E-state index contributed by atoms with van der Waals surface area (Å²) in [5.74, 6) is -1.77. The minimum Gasteiger partial charge on any atom is -0.352 e. The zero-order valence-electron chi connectivity index (χ0n) is 22.0. The number of anilines is 1. The van der Waals surface area contributed by atoms with Crippen LogP contribution in [0.4, 0.5) is 19.0 Å². The Morgan fingerprint density at radius 2 is 1.85 bits per heavy atom. The summed E-state index contributed by atoms with van der Waals surface area (Å²) < 4.78 is 42.6. The molecule has 206 valence electrons. The predicted molar refractivity (Wildman–Crippen MR) is 147 cm³/mol. The van der Waals surface area contributed by atoms with Gasteiger partial charge in [0.1, 0.15) is 16.7 Å². The normalized spacial score (nSPS) is 18.4. The fourth-order valence-electron chi connectivity index (χ4n) is 5.64. The number of alkyl halides is 2. The number of hydrogen-bond acceptors (Lipinski definition) is 7. The largest absolute Gasteiger partial charge is 0.352 e. The van der Waals surface area contributed by atoms with E-state index < -0.39 is 11.7 Å². The number of imidazole rings is 1. The molecule has 2 aliphatic heterocycles. The van der Waals surface area contributed by atoms with Gasteiger partial charge in [-0.05, 0) is 42.4 Å². The highest BCUT2D eigenvalue weighted by molar-refractivity contribution is 5.97. The maximum Gasteiger partial charge on any atom is 0.261 e. The molecule has 0 spiro atoms. The summed E-state index contributed by atoms with van der Waals surface area (Å²) in [5, 5.41) is 7.78. The number of rotatable bonds is 5. The predicted octanol–water partition coefficient (Wildman–Crippen LogP) is 4.30. The number of benzene rings is 1. The zero-order valence-corrected chi connectivity index (χ0v) is 22.0. The summed E-state index contributed by atoms with van der Waals surface area (Å²) in [7, 11) is 2.11. The molecule has 7 rings (SSSR count). The maximum absolute atomic E-state index is 15.3. The molecular formula is C28H28F3N9. The fraction of sp³-hybridized carbons (Fsp3) is 0.357. The first-order valence-corrected chi connectivity index (χ1v) is 13.3. The van der Waals surface area contributed by atoms with Crippen LogP contribution in [-0.2, 0) is 6.54 Å². The van der Waals surface area contributed by atoms with E-state index in [0.29, 0.717) is 41.1 Å². The number of fused-ring (bicyclic) bond motifs is 2. The third-order valence-corrected chi connectivity index (χ3v) is 7.82. The Balaban J connectivity index is 1.23. The van der Waals surface area contributed by atoms with Crippen LogP contribution in [0.15, 0.2) is 42.9 Å². The van der Waals surface area contributed by atoms with Crippen molar-refractivity contribution in [2.75, 3.05) is 51.2 Å². The molecule has 0 bridgehead atoms. The van der Waals surface area contributed by atoms with Gasteiger partial charge in [0, 0.05) is 75.2 Å². The topological polar surface area (TPSA) is 92.9 Å². The van der Waals surface area contributed by atoms with Gasteiger partial charge < -0.3 is 14.8 Å². The smallest absolute Gasteiger partial charge is 0.261 e. The third kappa shape index (κ3) is 4.56. The number of aromatic amines is 2. The molecule has 2 N–H and O–H groups in total. The quantitative estimate of drug-likeness (QED) is 0.339. The number of aromatic nitrogens is 6. The minimum atomic E-state index is -2.66. The van der Waals surface area contributed by atoms with Crippen LogP contribution in [0.2, 0.25) is 0 Å². The van der Waals surface area contributed by atoms with Gasteiger partial charge in [0.25, 0.3) is 5.92 Å². The maximum atomic E-state index is 15.3. The van der Waals surface area contributed by atoms with Crippen molar-refractivity contribution in [1.82, 2.24) is 39.9 Å². The lowest BCUT2D eigenvalue weighted by molar-refractivity contribution is 0.0115. The molecule has 2 aliphatic rings. The number of pyridine rings is 2. The first kappa shape index (κ1) is 25.0. The Bertz CT molecular complexity index is 1700. The van der Waals surface area contributed by atoms with Crippen molar-refractivity contribution < 1.29 is 13.2 Å². The average Bonchev–Trinajstić information content (AvgIpc) is 3.65. The summed E-state index contributed by atoms with van der Waals surface area (Å²) in [6.45, 7) is 4.05. The van der Waals surface area contributed by atoms with Crippen molar-refractivity contribution in [1.29, 1.82) is 0 Å². The van der Waals surface area contributed by atoms with Crippen LogP contribution in [0, 0.1) is 5.82 Å². The van der Waals surface area contributed by atoms with E-state index in [-0.39, 0.29) is 18.5 Å². The van der Waals surface area contributed by atoms with Crippen molar-refractivity contribution >= 4 is 27.8 Å². The van der Waals surface area contributed by atoms with Crippen molar-refractivity contribution in [3.05, 3.63) is 54.2 Å². The summed E-state index contributed by atoms with van der Waals surface area (Å²) in [6.07, 6.45) is 4.94. The number of H-pyrrole nitrogens is 2. The highest BCUT2D eigenvalue weighted by Crippen LogP contribution is 2.34. The molecule has 0 saturated carbocycles. The number of halogens is 3. The number of hydrogen-bond donors (Lipinski definition) is 2. The van der Waals surface area contributed by atoms with Gasteiger partial charge >= 0.3 is 0 Å². The number of piperazine rings is 1. The molecule has 9 nitrogen and oxygen atoms in total. The Hall–Kier alpha value is -4.03. The Labute approximate surface area is 228 Å². The average molecular weight is 548 g/mol. The van der Waals surface area contributed by atoms with E-state index in [1.165, 1.54) is 6.07 Å². The molecule has 0 atom stereocenters. The standard InChI is InChI=1S/C28H28F3N9/c1-38-6-8-40(9-7-38)27-25-22(2-4-33-27)34-26(35-25)24-20-11-18(12-21(29)23(20)36-37-24)19-10-17(13-32-14-19)15-39-5-3-28(30,31)16-39/h2,4,10-14H,3,5-9,15-16H2,1H3,(H,34,35)(H,36,37). The molecule has 5 aromatic rings. The Morgan fingerprint density at radius 1 is 1.00 bits per heavy atom. The molecule has 0 aliphatic carbocycles. The fourth-order valence-corrected chi connectivity index (χ4v) is 5.64. The molecule has 6 heterocycles. The van der Waals surface area contributed by atoms with E-state index in [1.54, 1.807) is 23.5 Å². The van der Waals surface area contributed by atoms with Gasteiger partial charge in [-0.2, -0.15) is 5.10 Å². The lowest BCUT2D eigenvalue weighted by Crippen LogP contribution is -2.44. The summed E-state index contributed by atoms with van der Waals surface area (Å²) in [5.41, 5.74) is 4.48. The molecule has 2 saturated heterocycles. The summed E-state index contributed by atoms with van der Waals surface area (Å²) in [6, 6.07) is 7.03. The van der Waals surface area contributed by atoms with Crippen LogP contribution in [-0.4, -0.2) is 92.2 Å².